The van der Waals surface area contributed by atoms with Gasteiger partial charge in [-0.05, 0) is 89.9 Å². The van der Waals surface area contributed by atoms with Gasteiger partial charge in [-0.25, -0.2) is 0 Å². The van der Waals surface area contributed by atoms with E-state index in [1.807, 2.05) is 6.08 Å². The van der Waals surface area contributed by atoms with Crippen LogP contribution in [0.3, 0.4) is 0 Å². The van der Waals surface area contributed by atoms with Gasteiger partial charge in [-0.2, -0.15) is 0 Å². The molecule has 9 N–H and O–H groups in total. The lowest BCUT2D eigenvalue weighted by atomic mass is 9.97. The molecule has 450 valence electrons. The summed E-state index contributed by atoms with van der Waals surface area (Å²) in [7, 11) is 0. The molecule has 2 heterocycles. The van der Waals surface area contributed by atoms with Crippen LogP contribution in [0.2, 0.25) is 0 Å². The third-order valence-corrected chi connectivity index (χ3v) is 13.9. The molecule has 0 aromatic carbocycles. The minimum absolute atomic E-state index is 0.250. The molecular weight excluding hydrogens is 1000 g/mol. The highest BCUT2D eigenvalue weighted by molar-refractivity contribution is 5.76. The zero-order valence-electron chi connectivity index (χ0n) is 48.3. The first-order valence-corrected chi connectivity index (χ1v) is 30.3. The van der Waals surface area contributed by atoms with Gasteiger partial charge in [0.2, 0.25) is 5.91 Å². The van der Waals surface area contributed by atoms with Gasteiger partial charge >= 0.3 is 0 Å². The first-order valence-electron chi connectivity index (χ1n) is 30.3. The summed E-state index contributed by atoms with van der Waals surface area (Å²) in [5.74, 6) is -0.265. The summed E-state index contributed by atoms with van der Waals surface area (Å²) in [6.45, 7) is 2.63. The molecule has 12 atom stereocenters. The molecule has 0 aliphatic carbocycles. The average Bonchev–Trinajstić information content (AvgIpc) is 3.49. The largest absolute Gasteiger partial charge is 0.394 e. The second-order valence-corrected chi connectivity index (χ2v) is 20.7. The zero-order chi connectivity index (χ0) is 57.4. The number of carbonyl (C=O) groups excluding carboxylic acids is 1. The van der Waals surface area contributed by atoms with E-state index in [9.17, 15) is 45.6 Å². The standard InChI is InChI=1S/C65H107NO13/c1-3-5-7-9-11-13-15-17-18-19-20-21-22-23-24-25-26-27-28-29-30-31-32-33-34-35-36-37-39-41-43-45-47-49-57(70)66-53(54(69)48-46-44-42-40-38-16-14-12-10-8-6-4-2)52-76-64-62(75)60(73)63(56(51-68)78-64)79-65-61(74)59(72)58(71)55(50-67)77-65/h5,7,11,13,17-18,20-21,23-24,26-27,29-30,32-33,35-36,46,48,53-56,58-65,67-69,71-75H,3-4,6,8-10,12,14-16,19,22,25,28,31,34,37-45,47,49-52H2,1-2H3,(H,66,70)/b7-5-,13-11-,18-17-,21-20-,24-23-,27-26-,30-29-,33-32-,36-35-,48-46+. The Bertz CT molecular complexity index is 1790. The summed E-state index contributed by atoms with van der Waals surface area (Å²) in [6.07, 6.45) is 53.8. The van der Waals surface area contributed by atoms with Gasteiger partial charge in [0.15, 0.2) is 12.6 Å². The molecular formula is C65H107NO13. The monoisotopic (exact) mass is 1110 g/mol. The lowest BCUT2D eigenvalue weighted by Crippen LogP contribution is -2.65. The Labute approximate surface area is 476 Å². The predicted molar refractivity (Wildman–Crippen MR) is 318 cm³/mol. The van der Waals surface area contributed by atoms with Crippen LogP contribution in [0.4, 0.5) is 0 Å². The topological polar surface area (TPSA) is 228 Å². The Kier molecular flexibility index (Phi) is 44.4. The average molecular weight is 1110 g/mol. The summed E-state index contributed by atoms with van der Waals surface area (Å²) >= 11 is 0. The minimum atomic E-state index is -1.80. The Morgan fingerprint density at radius 2 is 0.873 bits per heavy atom. The third kappa shape index (κ3) is 34.4. The van der Waals surface area contributed by atoms with Crippen molar-refractivity contribution in [3.8, 4) is 0 Å². The van der Waals surface area contributed by atoms with Gasteiger partial charge in [0.05, 0.1) is 32.0 Å². The van der Waals surface area contributed by atoms with Crippen molar-refractivity contribution in [1.82, 2.24) is 5.32 Å². The first kappa shape index (κ1) is 71.5. The highest BCUT2D eigenvalue weighted by Crippen LogP contribution is 2.30. The van der Waals surface area contributed by atoms with Crippen LogP contribution in [0.15, 0.2) is 122 Å². The van der Waals surface area contributed by atoms with E-state index in [1.54, 1.807) is 6.08 Å². The van der Waals surface area contributed by atoms with Crippen molar-refractivity contribution < 1.29 is 64.6 Å². The fourth-order valence-electron chi connectivity index (χ4n) is 9.05. The molecule has 0 bridgehead atoms. The Morgan fingerprint density at radius 1 is 0.468 bits per heavy atom. The molecule has 1 amide bonds. The number of unbranched alkanes of at least 4 members (excludes halogenated alkanes) is 15. The van der Waals surface area contributed by atoms with E-state index in [0.29, 0.717) is 6.42 Å². The number of aliphatic hydroxyl groups is 8. The summed E-state index contributed by atoms with van der Waals surface area (Å²) in [4.78, 5) is 13.2. The van der Waals surface area contributed by atoms with E-state index in [-0.39, 0.29) is 18.9 Å². The van der Waals surface area contributed by atoms with E-state index >= 15 is 0 Å². The number of ether oxygens (including phenoxy) is 4. The Balaban J connectivity index is 1.70. The molecule has 2 aliphatic rings. The number of hydrogen-bond donors (Lipinski definition) is 9. The van der Waals surface area contributed by atoms with Crippen molar-refractivity contribution >= 4 is 5.91 Å². The van der Waals surface area contributed by atoms with Crippen LogP contribution < -0.4 is 5.32 Å². The number of rotatable bonds is 46. The van der Waals surface area contributed by atoms with Crippen molar-refractivity contribution in [2.24, 2.45) is 0 Å². The van der Waals surface area contributed by atoms with Gasteiger partial charge in [-0.15, -0.1) is 0 Å². The molecule has 0 saturated carbocycles. The van der Waals surface area contributed by atoms with Gasteiger partial charge in [0, 0.05) is 6.42 Å². The normalized spacial score (nSPS) is 25.3. The second kappa shape index (κ2) is 49.0. The summed E-state index contributed by atoms with van der Waals surface area (Å²) in [5, 5.41) is 87.0. The van der Waals surface area contributed by atoms with Gasteiger partial charge in [-0.3, -0.25) is 4.79 Å². The molecule has 12 unspecified atom stereocenters. The van der Waals surface area contributed by atoms with E-state index in [4.69, 9.17) is 18.9 Å². The minimum Gasteiger partial charge on any atom is -0.394 e. The van der Waals surface area contributed by atoms with Gasteiger partial charge in [0.1, 0.15) is 48.8 Å². The van der Waals surface area contributed by atoms with Crippen molar-refractivity contribution in [2.75, 3.05) is 19.8 Å². The highest BCUT2D eigenvalue weighted by atomic mass is 16.7. The molecule has 2 aliphatic heterocycles. The molecule has 0 spiro atoms. The predicted octanol–water partition coefficient (Wildman–Crippen LogP) is 10.6. The molecule has 0 aromatic heterocycles. The number of allylic oxidation sites excluding steroid dienone is 19. The smallest absolute Gasteiger partial charge is 0.220 e. The lowest BCUT2D eigenvalue weighted by Gasteiger charge is -2.46. The van der Waals surface area contributed by atoms with Crippen molar-refractivity contribution in [3.05, 3.63) is 122 Å². The summed E-state index contributed by atoms with van der Waals surface area (Å²) in [5.41, 5.74) is 0. The maximum Gasteiger partial charge on any atom is 0.220 e. The Hall–Kier alpha value is -3.61. The lowest BCUT2D eigenvalue weighted by molar-refractivity contribution is -0.359. The molecule has 0 aromatic rings. The highest BCUT2D eigenvalue weighted by Gasteiger charge is 2.51. The number of carbonyl (C=O) groups is 1. The van der Waals surface area contributed by atoms with Gasteiger partial charge in [0.25, 0.3) is 0 Å². The maximum absolute atomic E-state index is 13.2. The molecule has 0 radical (unpaired) electrons. The van der Waals surface area contributed by atoms with E-state index in [0.717, 1.165) is 116 Å². The third-order valence-electron chi connectivity index (χ3n) is 13.9. The van der Waals surface area contributed by atoms with Crippen LogP contribution in [0.5, 0.6) is 0 Å². The van der Waals surface area contributed by atoms with Crippen LogP contribution in [0.25, 0.3) is 0 Å². The van der Waals surface area contributed by atoms with Crippen LogP contribution >= 0.6 is 0 Å². The SMILES string of the molecule is CC/C=C\C/C=C\C/C=C\C/C=C\C/C=C\C/C=C\C/C=C\C/C=C\C/C=C\CCCCCCCC(=O)NC(COC1OC(CO)C(OC2OC(CO)C(O)C(O)C2O)C(O)C1O)C(O)/C=C/CCCCCCCCCCCC. The maximum atomic E-state index is 13.2. The van der Waals surface area contributed by atoms with Gasteiger partial charge in [-0.1, -0.05) is 212 Å². The molecule has 79 heavy (non-hydrogen) atoms. The van der Waals surface area contributed by atoms with E-state index in [2.05, 4.69) is 129 Å². The fraction of sp³-hybridized carbons (Fsp3) is 0.677. The van der Waals surface area contributed by atoms with E-state index < -0.39 is 86.8 Å². The van der Waals surface area contributed by atoms with Crippen LogP contribution in [0, 0.1) is 0 Å². The van der Waals surface area contributed by atoms with Crippen LogP contribution in [0.1, 0.15) is 187 Å². The zero-order valence-corrected chi connectivity index (χ0v) is 48.3. The fourth-order valence-corrected chi connectivity index (χ4v) is 9.05. The van der Waals surface area contributed by atoms with Crippen molar-refractivity contribution in [1.29, 1.82) is 0 Å². The van der Waals surface area contributed by atoms with Crippen molar-refractivity contribution in [3.63, 3.8) is 0 Å². The quantitative estimate of drug-likeness (QED) is 0.0204. The second-order valence-electron chi connectivity index (χ2n) is 20.7. The molecule has 2 rings (SSSR count). The molecule has 2 fully saturated rings. The summed E-state index contributed by atoms with van der Waals surface area (Å²) in [6, 6.07) is -0.933. The molecule has 14 nitrogen and oxygen atoms in total. The number of hydrogen-bond acceptors (Lipinski definition) is 13. The van der Waals surface area contributed by atoms with Crippen LogP contribution in [-0.4, -0.2) is 140 Å². The van der Waals surface area contributed by atoms with E-state index in [1.165, 1.54) is 44.9 Å². The summed E-state index contributed by atoms with van der Waals surface area (Å²) < 4.78 is 22.7. The number of aliphatic hydroxyl groups excluding tert-OH is 8. The first-order chi connectivity index (χ1) is 38.6. The Morgan fingerprint density at radius 3 is 1.34 bits per heavy atom. The number of amides is 1. The molecule has 2 saturated heterocycles. The molecule has 14 heteroatoms. The number of nitrogens with one attached hydrogen (secondary N) is 1. The van der Waals surface area contributed by atoms with Crippen LogP contribution in [-0.2, 0) is 23.7 Å². The van der Waals surface area contributed by atoms with Crippen molar-refractivity contribution in [2.45, 2.75) is 261 Å². The van der Waals surface area contributed by atoms with Gasteiger partial charge < -0.3 is 65.1 Å².